The van der Waals surface area contributed by atoms with Crippen molar-refractivity contribution in [2.75, 3.05) is 40.5 Å². The monoisotopic (exact) mass is 413 g/mol. The molecule has 162 valence electrons. The molecule has 2 heterocycles. The first kappa shape index (κ1) is 22.1. The molecular weight excluding hydrogens is 382 g/mol. The number of carbonyl (C=O) groups is 1. The van der Waals surface area contributed by atoms with E-state index in [0.717, 1.165) is 37.2 Å². The minimum atomic E-state index is -0.196. The van der Waals surface area contributed by atoms with Crippen molar-refractivity contribution in [3.8, 4) is 5.75 Å². The molecule has 30 heavy (non-hydrogen) atoms. The summed E-state index contributed by atoms with van der Waals surface area (Å²) in [6.45, 7) is 3.29. The van der Waals surface area contributed by atoms with Crippen molar-refractivity contribution >= 4 is 5.91 Å². The Morgan fingerprint density at radius 3 is 2.60 bits per heavy atom. The number of methoxy groups -OCH3 is 2. The average molecular weight is 414 g/mol. The molecule has 7 nitrogen and oxygen atoms in total. The van der Waals surface area contributed by atoms with Gasteiger partial charge < -0.3 is 19.4 Å². The number of benzene rings is 1. The van der Waals surface area contributed by atoms with E-state index in [1.54, 1.807) is 26.5 Å². The van der Waals surface area contributed by atoms with E-state index >= 15 is 0 Å². The van der Waals surface area contributed by atoms with E-state index in [9.17, 15) is 9.59 Å². The molecular formula is C23H31N3O4. The van der Waals surface area contributed by atoms with Crippen molar-refractivity contribution in [1.82, 2.24) is 14.8 Å². The van der Waals surface area contributed by atoms with Gasteiger partial charge in [0.2, 0.25) is 0 Å². The molecule has 1 atom stereocenters. The smallest absolute Gasteiger partial charge is 0.252 e. The van der Waals surface area contributed by atoms with Gasteiger partial charge in [0.1, 0.15) is 5.75 Å². The second-order valence-electron chi connectivity index (χ2n) is 7.51. The lowest BCUT2D eigenvalue weighted by molar-refractivity contribution is 0.0922. The molecule has 1 saturated heterocycles. The summed E-state index contributed by atoms with van der Waals surface area (Å²) in [5.41, 5.74) is 1.39. The zero-order valence-electron chi connectivity index (χ0n) is 17.8. The van der Waals surface area contributed by atoms with Gasteiger partial charge in [0.05, 0.1) is 25.3 Å². The molecule has 1 amide bonds. The van der Waals surface area contributed by atoms with Crippen LogP contribution in [0, 0.1) is 0 Å². The molecule has 0 spiro atoms. The Morgan fingerprint density at radius 1 is 1.10 bits per heavy atom. The summed E-state index contributed by atoms with van der Waals surface area (Å²) in [5.74, 6) is 0.633. The van der Waals surface area contributed by atoms with Crippen LogP contribution < -0.4 is 15.6 Å². The Bertz CT molecular complexity index is 890. The van der Waals surface area contributed by atoms with Crippen LogP contribution in [0.4, 0.5) is 0 Å². The van der Waals surface area contributed by atoms with E-state index in [2.05, 4.69) is 16.3 Å². The van der Waals surface area contributed by atoms with Gasteiger partial charge in [0.15, 0.2) is 0 Å². The summed E-state index contributed by atoms with van der Waals surface area (Å²) in [6, 6.07) is 11.0. The van der Waals surface area contributed by atoms with E-state index in [0.29, 0.717) is 25.3 Å². The highest BCUT2D eigenvalue weighted by molar-refractivity contribution is 5.93. The third-order valence-electron chi connectivity index (χ3n) is 5.57. The van der Waals surface area contributed by atoms with Crippen molar-refractivity contribution in [3.63, 3.8) is 0 Å². The number of nitrogens with zero attached hydrogens (tertiary/aromatic N) is 2. The molecule has 2 aromatic rings. The van der Waals surface area contributed by atoms with Crippen molar-refractivity contribution in [1.29, 1.82) is 0 Å². The van der Waals surface area contributed by atoms with Crippen LogP contribution in [0.25, 0.3) is 0 Å². The average Bonchev–Trinajstić information content (AvgIpc) is 2.79. The van der Waals surface area contributed by atoms with Crippen molar-refractivity contribution in [2.45, 2.75) is 31.8 Å². The number of nitrogens with one attached hydrogen (secondary N) is 1. The maximum atomic E-state index is 12.8. The highest BCUT2D eigenvalue weighted by atomic mass is 16.5. The lowest BCUT2D eigenvalue weighted by Gasteiger charge is -2.35. The third-order valence-corrected chi connectivity index (χ3v) is 5.57. The highest BCUT2D eigenvalue weighted by Gasteiger charge is 2.25. The van der Waals surface area contributed by atoms with Gasteiger partial charge in [-0.2, -0.15) is 0 Å². The van der Waals surface area contributed by atoms with Crippen LogP contribution >= 0.6 is 0 Å². The molecule has 1 unspecified atom stereocenters. The fraction of sp³-hybridized carbons (Fsp3) is 0.478. The molecule has 1 aromatic carbocycles. The summed E-state index contributed by atoms with van der Waals surface area (Å²) in [6.07, 6.45) is 5.15. The number of piperidine rings is 1. The number of carbonyl (C=O) groups excluding carboxylic acids is 1. The van der Waals surface area contributed by atoms with Crippen LogP contribution in [0.1, 0.15) is 41.2 Å². The van der Waals surface area contributed by atoms with Crippen LogP contribution in [-0.4, -0.2) is 55.8 Å². The molecule has 1 aliphatic rings. The number of pyridine rings is 1. The van der Waals surface area contributed by atoms with E-state index in [1.165, 1.54) is 17.1 Å². The van der Waals surface area contributed by atoms with Gasteiger partial charge in [-0.25, -0.2) is 0 Å². The largest absolute Gasteiger partial charge is 0.496 e. The fourth-order valence-corrected chi connectivity index (χ4v) is 3.93. The molecule has 1 aromatic heterocycles. The molecule has 0 radical (unpaired) electrons. The quantitative estimate of drug-likeness (QED) is 0.684. The zero-order valence-corrected chi connectivity index (χ0v) is 17.8. The van der Waals surface area contributed by atoms with Gasteiger partial charge in [-0.1, -0.05) is 24.6 Å². The number of ether oxygens (including phenoxy) is 2. The fourth-order valence-electron chi connectivity index (χ4n) is 3.93. The van der Waals surface area contributed by atoms with Crippen molar-refractivity contribution in [3.05, 3.63) is 64.1 Å². The number of likely N-dealkylation sites (tertiary alicyclic amines) is 1. The van der Waals surface area contributed by atoms with E-state index < -0.39 is 0 Å². The van der Waals surface area contributed by atoms with E-state index in [4.69, 9.17) is 9.47 Å². The molecule has 3 rings (SSSR count). The SMILES string of the molecule is COCCn1cc(C(=O)NCC(c2ccccc2OC)N2CCCCC2)ccc1=O. The van der Waals surface area contributed by atoms with E-state index in [1.807, 2.05) is 18.2 Å². The Labute approximate surface area is 177 Å². The minimum Gasteiger partial charge on any atom is -0.496 e. The predicted octanol–water partition coefficient (Wildman–Crippen LogP) is 2.46. The second kappa shape index (κ2) is 10.9. The summed E-state index contributed by atoms with van der Waals surface area (Å²) < 4.78 is 12.1. The zero-order chi connectivity index (χ0) is 21.3. The van der Waals surface area contributed by atoms with Crippen LogP contribution in [0.5, 0.6) is 5.75 Å². The minimum absolute atomic E-state index is 0.0322. The van der Waals surface area contributed by atoms with Crippen LogP contribution in [0.3, 0.4) is 0 Å². The van der Waals surface area contributed by atoms with Gasteiger partial charge >= 0.3 is 0 Å². The van der Waals surface area contributed by atoms with Gasteiger partial charge in [-0.15, -0.1) is 0 Å². The first-order valence-corrected chi connectivity index (χ1v) is 10.5. The van der Waals surface area contributed by atoms with Crippen LogP contribution in [-0.2, 0) is 11.3 Å². The third kappa shape index (κ3) is 5.49. The van der Waals surface area contributed by atoms with Crippen molar-refractivity contribution in [2.24, 2.45) is 0 Å². The second-order valence-corrected chi connectivity index (χ2v) is 7.51. The first-order valence-electron chi connectivity index (χ1n) is 10.5. The van der Waals surface area contributed by atoms with Gasteiger partial charge in [-0.05, 0) is 38.1 Å². The Hall–Kier alpha value is -2.64. The summed E-state index contributed by atoms with van der Waals surface area (Å²) in [4.78, 5) is 27.2. The lowest BCUT2D eigenvalue weighted by atomic mass is 10.0. The standard InChI is InChI=1S/C23H31N3O4/c1-29-15-14-26-17-18(10-11-22(26)27)23(28)24-16-20(25-12-6-3-7-13-25)19-8-4-5-9-21(19)30-2/h4-5,8-11,17,20H,3,6-7,12-16H2,1-2H3,(H,24,28). The van der Waals surface area contributed by atoms with E-state index in [-0.39, 0.29) is 17.5 Å². The molecule has 1 fully saturated rings. The summed E-state index contributed by atoms with van der Waals surface area (Å²) >= 11 is 0. The number of para-hydroxylation sites is 1. The molecule has 1 aliphatic heterocycles. The molecule has 0 saturated carbocycles. The first-order chi connectivity index (χ1) is 14.6. The molecule has 0 bridgehead atoms. The lowest BCUT2D eigenvalue weighted by Crippen LogP contribution is -2.41. The highest BCUT2D eigenvalue weighted by Crippen LogP contribution is 2.30. The van der Waals surface area contributed by atoms with Crippen LogP contribution in [0.2, 0.25) is 0 Å². The summed E-state index contributed by atoms with van der Waals surface area (Å²) in [7, 11) is 3.26. The number of amides is 1. The number of rotatable bonds is 9. The Morgan fingerprint density at radius 2 is 1.87 bits per heavy atom. The number of hydrogen-bond acceptors (Lipinski definition) is 5. The molecule has 0 aliphatic carbocycles. The molecule has 7 heteroatoms. The Balaban J connectivity index is 1.76. The normalized spacial score (nSPS) is 15.5. The van der Waals surface area contributed by atoms with Gasteiger partial charge in [0, 0.05) is 38.0 Å². The number of hydrogen-bond donors (Lipinski definition) is 1. The topological polar surface area (TPSA) is 72.8 Å². The van der Waals surface area contributed by atoms with Crippen molar-refractivity contribution < 1.29 is 14.3 Å². The maximum absolute atomic E-state index is 12.8. The summed E-state index contributed by atoms with van der Waals surface area (Å²) in [5, 5.41) is 3.07. The predicted molar refractivity (Wildman–Crippen MR) is 116 cm³/mol. The van der Waals surface area contributed by atoms with Crippen LogP contribution in [0.15, 0.2) is 47.4 Å². The van der Waals surface area contributed by atoms with Gasteiger partial charge in [0.25, 0.3) is 11.5 Å². The Kier molecular flexibility index (Phi) is 8.04. The maximum Gasteiger partial charge on any atom is 0.252 e. The van der Waals surface area contributed by atoms with Gasteiger partial charge in [-0.3, -0.25) is 14.5 Å². The molecule has 1 N–H and O–H groups in total. The number of aromatic nitrogens is 1.